The van der Waals surface area contributed by atoms with Crippen molar-refractivity contribution in [3.8, 4) is 0 Å². The number of carbonyl (C=O) groups excluding carboxylic acids is 2. The van der Waals surface area contributed by atoms with E-state index in [1.165, 1.54) is 0 Å². The second-order valence-electron chi connectivity index (χ2n) is 4.92. The molecule has 0 fully saturated rings. The van der Waals surface area contributed by atoms with Crippen molar-refractivity contribution < 1.29 is 22.8 Å². The molecular weight excluding hydrogens is 345 g/mol. The number of alkyl halides is 3. The fraction of sp³-hybridized carbons (Fsp3) is 0.125. The highest BCUT2D eigenvalue weighted by atomic mass is 35.5. The number of benzene rings is 2. The first-order valence-electron chi connectivity index (χ1n) is 6.73. The van der Waals surface area contributed by atoms with Gasteiger partial charge in [0.05, 0.1) is 16.3 Å². The van der Waals surface area contributed by atoms with E-state index in [0.29, 0.717) is 11.8 Å². The van der Waals surface area contributed by atoms with Crippen molar-refractivity contribution in [2.24, 2.45) is 0 Å². The van der Waals surface area contributed by atoms with Crippen LogP contribution in [0.1, 0.15) is 11.1 Å². The third-order valence-electron chi connectivity index (χ3n) is 3.14. The van der Waals surface area contributed by atoms with E-state index in [2.05, 4.69) is 10.6 Å². The fourth-order valence-electron chi connectivity index (χ4n) is 1.87. The van der Waals surface area contributed by atoms with E-state index in [0.717, 1.165) is 17.7 Å². The van der Waals surface area contributed by atoms with Gasteiger partial charge in [0.1, 0.15) is 0 Å². The molecule has 0 bridgehead atoms. The Labute approximate surface area is 140 Å². The number of hydrogen-bond acceptors (Lipinski definition) is 2. The van der Waals surface area contributed by atoms with Crippen LogP contribution in [0.25, 0.3) is 0 Å². The lowest BCUT2D eigenvalue weighted by atomic mass is 10.2. The first kappa shape index (κ1) is 17.8. The van der Waals surface area contributed by atoms with Gasteiger partial charge in [0.2, 0.25) is 0 Å². The van der Waals surface area contributed by atoms with Crippen molar-refractivity contribution in [1.29, 1.82) is 0 Å². The zero-order valence-corrected chi connectivity index (χ0v) is 13.1. The van der Waals surface area contributed by atoms with Crippen LogP contribution in [0.15, 0.2) is 42.5 Å². The Morgan fingerprint density at radius 1 is 0.958 bits per heavy atom. The maximum absolute atomic E-state index is 12.7. The minimum atomic E-state index is -4.59. The number of para-hydroxylation sites is 1. The van der Waals surface area contributed by atoms with Crippen LogP contribution in [0.3, 0.4) is 0 Å². The van der Waals surface area contributed by atoms with Crippen molar-refractivity contribution in [3.63, 3.8) is 0 Å². The van der Waals surface area contributed by atoms with Crippen molar-refractivity contribution in [2.75, 3.05) is 10.6 Å². The summed E-state index contributed by atoms with van der Waals surface area (Å²) in [5.41, 5.74) is -0.124. The standard InChI is InChI=1S/C16H12ClF3N2O2/c1-9-4-2-3-5-12(9)21-14(23)15(24)22-13-8-10(16(18,19)20)6-7-11(13)17/h2-8H,1H3,(H,21,23)(H,22,24). The second kappa shape index (κ2) is 6.92. The van der Waals surface area contributed by atoms with Gasteiger partial charge in [0, 0.05) is 5.69 Å². The molecule has 0 atom stereocenters. The number of hydrogen-bond donors (Lipinski definition) is 2. The zero-order chi connectivity index (χ0) is 17.9. The first-order chi connectivity index (χ1) is 11.2. The Hall–Kier alpha value is -2.54. The van der Waals surface area contributed by atoms with Gasteiger partial charge in [-0.05, 0) is 36.8 Å². The smallest absolute Gasteiger partial charge is 0.318 e. The minimum Gasteiger partial charge on any atom is -0.318 e. The molecule has 4 nitrogen and oxygen atoms in total. The number of rotatable bonds is 2. The summed E-state index contributed by atoms with van der Waals surface area (Å²) in [6.45, 7) is 1.73. The van der Waals surface area contributed by atoms with E-state index in [1.807, 2.05) is 0 Å². The van der Waals surface area contributed by atoms with Crippen LogP contribution in [0.5, 0.6) is 0 Å². The molecule has 0 aliphatic rings. The van der Waals surface area contributed by atoms with Crippen molar-refractivity contribution in [1.82, 2.24) is 0 Å². The molecule has 0 aromatic heterocycles. The topological polar surface area (TPSA) is 58.2 Å². The summed E-state index contributed by atoms with van der Waals surface area (Å²) in [5, 5.41) is 4.35. The summed E-state index contributed by atoms with van der Waals surface area (Å²) in [7, 11) is 0. The molecule has 2 rings (SSSR count). The van der Waals surface area contributed by atoms with Gasteiger partial charge in [0.25, 0.3) is 0 Å². The van der Waals surface area contributed by atoms with Crippen molar-refractivity contribution >= 4 is 34.8 Å². The maximum Gasteiger partial charge on any atom is 0.416 e. The molecular formula is C16H12ClF3N2O2. The molecule has 0 aliphatic heterocycles. The van der Waals surface area contributed by atoms with E-state index < -0.39 is 23.6 Å². The number of amides is 2. The zero-order valence-electron chi connectivity index (χ0n) is 12.4. The van der Waals surface area contributed by atoms with Gasteiger partial charge >= 0.3 is 18.0 Å². The SMILES string of the molecule is Cc1ccccc1NC(=O)C(=O)Nc1cc(C(F)(F)F)ccc1Cl. The number of aryl methyl sites for hydroxylation is 1. The highest BCUT2D eigenvalue weighted by Gasteiger charge is 2.31. The average Bonchev–Trinajstić information content (AvgIpc) is 2.50. The highest BCUT2D eigenvalue weighted by Crippen LogP contribution is 2.33. The van der Waals surface area contributed by atoms with E-state index in [9.17, 15) is 22.8 Å². The molecule has 8 heteroatoms. The molecule has 0 spiro atoms. The molecule has 0 saturated carbocycles. The first-order valence-corrected chi connectivity index (χ1v) is 7.11. The van der Waals surface area contributed by atoms with Gasteiger partial charge in [-0.25, -0.2) is 0 Å². The molecule has 0 unspecified atom stereocenters. The summed E-state index contributed by atoms with van der Waals surface area (Å²) in [5.74, 6) is -2.14. The van der Waals surface area contributed by atoms with E-state index in [4.69, 9.17) is 11.6 Å². The van der Waals surface area contributed by atoms with Crippen LogP contribution in [0, 0.1) is 6.92 Å². The predicted molar refractivity (Wildman–Crippen MR) is 84.9 cm³/mol. The van der Waals surface area contributed by atoms with E-state index in [-0.39, 0.29) is 10.7 Å². The Kier molecular flexibility index (Phi) is 5.14. The Bertz CT molecular complexity index is 791. The monoisotopic (exact) mass is 356 g/mol. The quantitative estimate of drug-likeness (QED) is 0.790. The predicted octanol–water partition coefficient (Wildman–Crippen LogP) is 4.24. The molecule has 0 heterocycles. The summed E-state index contributed by atoms with van der Waals surface area (Å²) in [6, 6.07) is 9.21. The van der Waals surface area contributed by atoms with E-state index >= 15 is 0 Å². The summed E-state index contributed by atoms with van der Waals surface area (Å²) >= 11 is 5.77. The van der Waals surface area contributed by atoms with Gasteiger partial charge in [-0.1, -0.05) is 29.8 Å². The lowest BCUT2D eigenvalue weighted by Crippen LogP contribution is -2.29. The van der Waals surface area contributed by atoms with Crippen LogP contribution >= 0.6 is 11.6 Å². The number of anilines is 2. The van der Waals surface area contributed by atoms with Gasteiger partial charge < -0.3 is 10.6 Å². The third-order valence-corrected chi connectivity index (χ3v) is 3.47. The van der Waals surface area contributed by atoms with Gasteiger partial charge in [-0.15, -0.1) is 0 Å². The van der Waals surface area contributed by atoms with Gasteiger partial charge in [-0.2, -0.15) is 13.2 Å². The molecule has 2 amide bonds. The van der Waals surface area contributed by atoms with E-state index in [1.54, 1.807) is 31.2 Å². The largest absolute Gasteiger partial charge is 0.416 e. The van der Waals surface area contributed by atoms with Crippen LogP contribution in [-0.4, -0.2) is 11.8 Å². The van der Waals surface area contributed by atoms with Gasteiger partial charge in [-0.3, -0.25) is 9.59 Å². The molecule has 126 valence electrons. The summed E-state index contributed by atoms with van der Waals surface area (Å²) < 4.78 is 38.1. The lowest BCUT2D eigenvalue weighted by Gasteiger charge is -2.12. The fourth-order valence-corrected chi connectivity index (χ4v) is 2.03. The number of carbonyl (C=O) groups is 2. The molecule has 0 radical (unpaired) electrons. The highest BCUT2D eigenvalue weighted by molar-refractivity contribution is 6.44. The Morgan fingerprint density at radius 2 is 1.54 bits per heavy atom. The van der Waals surface area contributed by atoms with Crippen LogP contribution in [0.4, 0.5) is 24.5 Å². The molecule has 0 saturated heterocycles. The molecule has 2 aromatic carbocycles. The molecule has 0 aliphatic carbocycles. The summed E-state index contributed by atoms with van der Waals surface area (Å²) in [4.78, 5) is 23.8. The van der Waals surface area contributed by atoms with Crippen molar-refractivity contribution in [2.45, 2.75) is 13.1 Å². The molecule has 2 aromatic rings. The Balaban J connectivity index is 2.15. The molecule has 2 N–H and O–H groups in total. The molecule has 24 heavy (non-hydrogen) atoms. The number of nitrogens with one attached hydrogen (secondary N) is 2. The van der Waals surface area contributed by atoms with Gasteiger partial charge in [0.15, 0.2) is 0 Å². The van der Waals surface area contributed by atoms with Crippen LogP contribution < -0.4 is 10.6 Å². The average molecular weight is 357 g/mol. The normalized spacial score (nSPS) is 11.0. The van der Waals surface area contributed by atoms with Crippen LogP contribution in [0.2, 0.25) is 5.02 Å². The van der Waals surface area contributed by atoms with Crippen LogP contribution in [-0.2, 0) is 15.8 Å². The number of halogens is 4. The second-order valence-corrected chi connectivity index (χ2v) is 5.32. The van der Waals surface area contributed by atoms with Crippen molar-refractivity contribution in [3.05, 3.63) is 58.6 Å². The lowest BCUT2D eigenvalue weighted by molar-refractivity contribution is -0.137. The third kappa shape index (κ3) is 4.26. The maximum atomic E-state index is 12.7. The summed E-state index contributed by atoms with van der Waals surface area (Å²) in [6.07, 6.45) is -4.59. The Morgan fingerprint density at radius 3 is 2.12 bits per heavy atom. The minimum absolute atomic E-state index is 0.111.